The zero-order valence-corrected chi connectivity index (χ0v) is 59.4. The number of aliphatic hydroxyl groups is 4. The van der Waals surface area contributed by atoms with Crippen molar-refractivity contribution in [3.8, 4) is 0 Å². The van der Waals surface area contributed by atoms with Crippen LogP contribution in [0.2, 0.25) is 5.02 Å². The second kappa shape index (κ2) is 33.9. The Morgan fingerprint density at radius 2 is 0.776 bits per heavy atom. The van der Waals surface area contributed by atoms with Gasteiger partial charge in [0.2, 0.25) is 0 Å². The number of pyridine rings is 4. The Morgan fingerprint density at radius 3 is 1.18 bits per heavy atom. The molecule has 4 atom stereocenters. The van der Waals surface area contributed by atoms with Crippen LogP contribution in [0.25, 0.3) is 0 Å². The lowest BCUT2D eigenvalue weighted by atomic mass is 9.88. The number of aromatic nitrogens is 4. The molecule has 6 aromatic carbocycles. The van der Waals surface area contributed by atoms with E-state index in [1.165, 1.54) is 35.8 Å². The van der Waals surface area contributed by atoms with Crippen molar-refractivity contribution in [2.24, 2.45) is 0 Å². The molecule has 0 bridgehead atoms. The van der Waals surface area contributed by atoms with E-state index in [9.17, 15) is 63.6 Å². The zero-order valence-electron chi connectivity index (χ0n) is 58.7. The lowest BCUT2D eigenvalue weighted by Crippen LogP contribution is -2.44. The number of carbonyl (C=O) groups is 9. The molecule has 4 aliphatic rings. The largest absolute Gasteiger partial charge is 0.465 e. The fourth-order valence-corrected chi connectivity index (χ4v) is 13.6. The maximum absolute atomic E-state index is 13.2. The first-order chi connectivity index (χ1) is 51.6. The monoisotopic (exact) mass is 1460 g/mol. The number of amides is 4. The molecule has 10 aromatic rings. The van der Waals surface area contributed by atoms with Crippen LogP contribution in [0.4, 0.5) is 22.7 Å². The number of esters is 1. The summed E-state index contributed by atoms with van der Waals surface area (Å²) in [4.78, 5) is 136. The molecule has 4 aromatic heterocycles. The predicted molar refractivity (Wildman–Crippen MR) is 400 cm³/mol. The van der Waals surface area contributed by atoms with Crippen LogP contribution in [-0.2, 0) is 64.0 Å². The molecule has 0 saturated heterocycles. The number of nitrogens with zero attached hydrogens (tertiary/aromatic N) is 8. The van der Waals surface area contributed by atoms with Gasteiger partial charge in [-0.2, -0.15) is 0 Å². The lowest BCUT2D eigenvalue weighted by molar-refractivity contribution is -0.144. The standard InChI is InChI=1S/C23H19ClN2O3.C23H20N2O3.C19H18N2O5.C19H20N2O3/c24-17-9-10-20-18(14-17)23(29,15-21(27)19-8-4-5-12-25-19)22(28)26(20)13-11-16-6-2-1-3-7-16;26-21(18-9-6-13-24-16-18)15-23(28)19-10-4-5-11-20(19)25(22(23)27)14-12-17-7-2-1-3-8-17;1-2-26-17(23)12-21-15-9-4-3-7-13(15)19(25,18(21)24)11-16(22)14-8-5-6-10-20-14;1-2-3-12-21-16-10-5-4-8-14(16)19(24,18(21)23)13-17(22)15-9-6-7-11-20-15/h1-10,12,14,29H,11,13,15H2;1-11,13,16,28H,12,14-15H2;3-10,25H,2,11-12H2,1H3;4-11,24H,2-3,12-13H2,1H3. The first-order valence-electron chi connectivity index (χ1n) is 34.9. The lowest BCUT2D eigenvalue weighted by Gasteiger charge is -2.22. The number of carbonyl (C=O) groups excluding carboxylic acids is 9. The van der Waals surface area contributed by atoms with Gasteiger partial charge in [-0.25, -0.2) is 0 Å². The van der Waals surface area contributed by atoms with Crippen molar-refractivity contribution in [2.75, 3.05) is 52.4 Å². The molecule has 14 rings (SSSR count). The molecule has 107 heavy (non-hydrogen) atoms. The van der Waals surface area contributed by atoms with Crippen LogP contribution in [0.3, 0.4) is 0 Å². The van der Waals surface area contributed by atoms with Gasteiger partial charge in [0.1, 0.15) is 23.6 Å². The third-order valence-corrected chi connectivity index (χ3v) is 19.0. The van der Waals surface area contributed by atoms with Crippen LogP contribution in [0, 0.1) is 0 Å². The van der Waals surface area contributed by atoms with E-state index >= 15 is 0 Å². The Kier molecular flexibility index (Phi) is 24.1. The highest BCUT2D eigenvalue weighted by atomic mass is 35.5. The first kappa shape index (κ1) is 76.2. The van der Waals surface area contributed by atoms with Gasteiger partial charge in [-0.3, -0.25) is 68.0 Å². The van der Waals surface area contributed by atoms with E-state index in [4.69, 9.17) is 16.3 Å². The summed E-state index contributed by atoms with van der Waals surface area (Å²) in [7, 11) is 0. The number of anilines is 4. The SMILES string of the molecule is CCCCN1C(=O)C(O)(CC(=O)c2ccccn2)c2ccccc21.CCOC(=O)CN1C(=O)C(O)(CC(=O)c2ccccn2)c2ccccc21.O=C(CC1(O)C(=O)N(CCc2ccccc2)c2ccc(Cl)cc21)c1ccccn1.O=C(CC1(O)C(=O)N(CCc2ccccc2)c2ccccc21)c1cccnc1. The average Bonchev–Trinajstić information content (AvgIpc) is 1.61. The van der Waals surface area contributed by atoms with Gasteiger partial charge >= 0.3 is 5.97 Å². The van der Waals surface area contributed by atoms with Gasteiger partial charge in [0.15, 0.2) is 45.5 Å². The number of benzene rings is 6. The van der Waals surface area contributed by atoms with Crippen LogP contribution in [-0.4, -0.2) is 126 Å². The van der Waals surface area contributed by atoms with Crippen LogP contribution in [0.1, 0.15) is 128 Å². The molecule has 0 aliphatic carbocycles. The molecule has 4 amide bonds. The molecule has 22 nitrogen and oxygen atoms in total. The highest BCUT2D eigenvalue weighted by molar-refractivity contribution is 6.31. The Hall–Kier alpha value is -11.9. The van der Waals surface area contributed by atoms with E-state index in [2.05, 4.69) is 19.9 Å². The third kappa shape index (κ3) is 16.6. The van der Waals surface area contributed by atoms with Gasteiger partial charge in [0.05, 0.1) is 55.0 Å². The molecular formula is C84H77ClN8O14. The van der Waals surface area contributed by atoms with Crippen molar-refractivity contribution in [3.05, 3.63) is 310 Å². The summed E-state index contributed by atoms with van der Waals surface area (Å²) in [6.07, 6.45) is 9.12. The fraction of sp³-hybridized carbons (Fsp3) is 0.226. The molecule has 4 unspecified atom stereocenters. The van der Waals surface area contributed by atoms with E-state index in [1.807, 2.05) is 91.9 Å². The fourth-order valence-electron chi connectivity index (χ4n) is 13.4. The second-order valence-corrected chi connectivity index (χ2v) is 26.3. The number of ketones is 4. The number of Topliss-reactive ketones (excluding diaryl/α,β-unsaturated/α-hetero) is 4. The highest BCUT2D eigenvalue weighted by Crippen LogP contribution is 2.47. The summed E-state index contributed by atoms with van der Waals surface area (Å²) < 4.78 is 4.89. The summed E-state index contributed by atoms with van der Waals surface area (Å²) in [6.45, 7) is 4.92. The molecule has 4 N–H and O–H groups in total. The molecule has 23 heteroatoms. The third-order valence-electron chi connectivity index (χ3n) is 18.8. The molecule has 0 saturated carbocycles. The van der Waals surface area contributed by atoms with Crippen LogP contribution in [0.5, 0.6) is 0 Å². The number of para-hydroxylation sites is 3. The Bertz CT molecular complexity index is 4900. The zero-order chi connectivity index (χ0) is 75.9. The highest BCUT2D eigenvalue weighted by Gasteiger charge is 2.55. The van der Waals surface area contributed by atoms with Crippen molar-refractivity contribution < 1.29 is 68.3 Å². The molecule has 544 valence electrons. The van der Waals surface area contributed by atoms with Crippen LogP contribution >= 0.6 is 11.6 Å². The number of unbranched alkanes of at least 4 members (excludes halogenated alkanes) is 1. The summed E-state index contributed by atoms with van der Waals surface area (Å²) in [5.41, 5.74) is -0.576. The van der Waals surface area contributed by atoms with Gasteiger partial charge in [-0.05, 0) is 122 Å². The maximum Gasteiger partial charge on any atom is 0.326 e. The van der Waals surface area contributed by atoms with E-state index in [0.29, 0.717) is 88.1 Å². The molecular weight excluding hydrogens is 1380 g/mol. The van der Waals surface area contributed by atoms with Crippen LogP contribution < -0.4 is 19.6 Å². The van der Waals surface area contributed by atoms with Gasteiger partial charge < -0.3 is 39.9 Å². The summed E-state index contributed by atoms with van der Waals surface area (Å²) >= 11 is 6.13. The predicted octanol–water partition coefficient (Wildman–Crippen LogP) is 11.1. The second-order valence-electron chi connectivity index (χ2n) is 25.8. The summed E-state index contributed by atoms with van der Waals surface area (Å²) in [5.74, 6) is -4.25. The van der Waals surface area contributed by atoms with Crippen LogP contribution in [0.15, 0.2) is 249 Å². The van der Waals surface area contributed by atoms with Crippen molar-refractivity contribution in [2.45, 2.75) is 87.6 Å². The molecule has 0 radical (unpaired) electrons. The molecule has 4 aliphatic heterocycles. The number of hydrogen-bond acceptors (Lipinski definition) is 18. The number of ether oxygens (including phenoxy) is 1. The Morgan fingerprint density at radius 1 is 0.402 bits per heavy atom. The van der Waals surface area contributed by atoms with Crippen molar-refractivity contribution >= 4 is 87.1 Å². The minimum Gasteiger partial charge on any atom is -0.465 e. The van der Waals surface area contributed by atoms with E-state index in [0.717, 1.165) is 28.9 Å². The summed E-state index contributed by atoms with van der Waals surface area (Å²) in [5, 5.41) is 45.1. The topological polar surface area (TPSA) is 308 Å². The minimum absolute atomic E-state index is 0.162. The number of hydrogen-bond donors (Lipinski definition) is 4. The van der Waals surface area contributed by atoms with E-state index < -0.39 is 76.4 Å². The van der Waals surface area contributed by atoms with E-state index in [-0.39, 0.29) is 54.6 Å². The quantitative estimate of drug-likeness (QED) is 0.0323. The van der Waals surface area contributed by atoms with Crippen molar-refractivity contribution in [3.63, 3.8) is 0 Å². The average molecular weight is 1460 g/mol. The molecule has 0 fully saturated rings. The number of halogens is 1. The van der Waals surface area contributed by atoms with E-state index in [1.54, 1.807) is 150 Å². The number of fused-ring (bicyclic) bond motifs is 4. The van der Waals surface area contributed by atoms with Gasteiger partial charge in [-0.1, -0.05) is 158 Å². The molecule has 0 spiro atoms. The van der Waals surface area contributed by atoms with Gasteiger partial charge in [0, 0.05) is 83.5 Å². The normalized spacial score (nSPS) is 18.5. The molecule has 8 heterocycles. The minimum atomic E-state index is -2.04. The van der Waals surface area contributed by atoms with Gasteiger partial charge in [0.25, 0.3) is 23.6 Å². The number of rotatable bonds is 24. The summed E-state index contributed by atoms with van der Waals surface area (Å²) in [6, 6.07) is 63.5. The smallest absolute Gasteiger partial charge is 0.326 e. The first-order valence-corrected chi connectivity index (χ1v) is 35.3. The Balaban J connectivity index is 0.000000143. The van der Waals surface area contributed by atoms with Crippen molar-refractivity contribution in [1.29, 1.82) is 0 Å². The Labute approximate surface area is 622 Å². The van der Waals surface area contributed by atoms with Crippen molar-refractivity contribution in [1.82, 2.24) is 19.9 Å². The van der Waals surface area contributed by atoms with Gasteiger partial charge in [-0.15, -0.1) is 0 Å². The maximum atomic E-state index is 13.2.